The van der Waals surface area contributed by atoms with Crippen molar-refractivity contribution < 1.29 is 4.79 Å². The summed E-state index contributed by atoms with van der Waals surface area (Å²) in [6, 6.07) is 24.4. The molecule has 2 aromatic carbocycles. The molecule has 4 heteroatoms. The Hall–Kier alpha value is -3.40. The Kier molecular flexibility index (Phi) is 4.83. The minimum absolute atomic E-state index is 0.0400. The largest absolute Gasteiger partial charge is 0.308 e. The average molecular weight is 396 g/mol. The van der Waals surface area contributed by atoms with Crippen LogP contribution >= 0.6 is 0 Å². The summed E-state index contributed by atoms with van der Waals surface area (Å²) in [4.78, 5) is 20.5. The van der Waals surface area contributed by atoms with Crippen molar-refractivity contribution in [2.24, 2.45) is 5.92 Å². The van der Waals surface area contributed by atoms with Gasteiger partial charge in [-0.05, 0) is 49.1 Å². The number of hydrogen-bond acceptors (Lipinski definition) is 2. The van der Waals surface area contributed by atoms with E-state index in [-0.39, 0.29) is 11.8 Å². The van der Waals surface area contributed by atoms with Gasteiger partial charge in [0.2, 0.25) is 5.91 Å². The second kappa shape index (κ2) is 7.79. The van der Waals surface area contributed by atoms with Crippen LogP contribution in [0.3, 0.4) is 0 Å². The third-order valence-corrected chi connectivity index (χ3v) is 5.98. The zero-order valence-corrected chi connectivity index (χ0v) is 17.2. The van der Waals surface area contributed by atoms with Crippen molar-refractivity contribution >= 4 is 17.2 Å². The van der Waals surface area contributed by atoms with Crippen LogP contribution in [0.5, 0.6) is 0 Å². The van der Waals surface area contributed by atoms with Gasteiger partial charge >= 0.3 is 0 Å². The number of aryl methyl sites for hydroxylation is 2. The monoisotopic (exact) mass is 395 g/mol. The molecule has 0 N–H and O–H groups in total. The molecule has 1 unspecified atom stereocenters. The van der Waals surface area contributed by atoms with Crippen LogP contribution in [0.1, 0.15) is 28.9 Å². The van der Waals surface area contributed by atoms with E-state index in [4.69, 9.17) is 4.98 Å². The summed E-state index contributed by atoms with van der Waals surface area (Å²) in [5.74, 6) is 0.153. The minimum atomic E-state index is -0.0400. The number of hydrogen-bond donors (Lipinski definition) is 0. The molecule has 2 aromatic heterocycles. The van der Waals surface area contributed by atoms with Crippen LogP contribution in [0.15, 0.2) is 79.0 Å². The van der Waals surface area contributed by atoms with Crippen molar-refractivity contribution in [3.05, 3.63) is 102 Å². The van der Waals surface area contributed by atoms with Crippen LogP contribution in [-0.4, -0.2) is 15.3 Å². The van der Waals surface area contributed by atoms with Gasteiger partial charge in [-0.3, -0.25) is 4.79 Å². The van der Waals surface area contributed by atoms with Gasteiger partial charge in [0.1, 0.15) is 5.65 Å². The number of carbonyl (C=O) groups is 1. The standard InChI is InChI=1S/C26H25N3O/c1-19-12-15-25-27-23-14-13-21(16-24(23)29(25)17-19)26(30)28(22-10-6-3-7-11-22)18-20-8-4-2-5-9-20/h2-12,15,17,21H,13-14,16,18H2,1H3. The van der Waals surface area contributed by atoms with E-state index in [9.17, 15) is 4.79 Å². The number of aromatic nitrogens is 2. The molecule has 30 heavy (non-hydrogen) atoms. The molecule has 4 nitrogen and oxygen atoms in total. The molecule has 1 atom stereocenters. The molecule has 2 heterocycles. The Labute approximate surface area is 176 Å². The number of anilines is 1. The first-order valence-electron chi connectivity index (χ1n) is 10.6. The van der Waals surface area contributed by atoms with Crippen LogP contribution in [0, 0.1) is 12.8 Å². The van der Waals surface area contributed by atoms with Crippen LogP contribution < -0.4 is 4.90 Å². The van der Waals surface area contributed by atoms with E-state index in [2.05, 4.69) is 41.8 Å². The minimum Gasteiger partial charge on any atom is -0.308 e. The molecule has 1 aliphatic rings. The highest BCUT2D eigenvalue weighted by Crippen LogP contribution is 2.30. The molecule has 0 fully saturated rings. The Balaban J connectivity index is 1.47. The lowest BCUT2D eigenvalue weighted by Gasteiger charge is -2.29. The smallest absolute Gasteiger partial charge is 0.230 e. The number of pyridine rings is 1. The van der Waals surface area contributed by atoms with Crippen LogP contribution in [0.25, 0.3) is 5.65 Å². The van der Waals surface area contributed by atoms with Crippen molar-refractivity contribution in [2.45, 2.75) is 32.7 Å². The van der Waals surface area contributed by atoms with E-state index in [1.54, 1.807) is 0 Å². The molecule has 0 saturated heterocycles. The Morgan fingerprint density at radius 1 is 1.03 bits per heavy atom. The third-order valence-electron chi connectivity index (χ3n) is 5.98. The van der Waals surface area contributed by atoms with Crippen LogP contribution in [0.2, 0.25) is 0 Å². The second-order valence-corrected chi connectivity index (χ2v) is 8.13. The van der Waals surface area contributed by atoms with E-state index >= 15 is 0 Å². The number of benzene rings is 2. The molecule has 1 amide bonds. The number of fused-ring (bicyclic) bond motifs is 3. The predicted molar refractivity (Wildman–Crippen MR) is 120 cm³/mol. The van der Waals surface area contributed by atoms with Gasteiger partial charge < -0.3 is 9.30 Å². The van der Waals surface area contributed by atoms with E-state index in [0.29, 0.717) is 6.54 Å². The summed E-state index contributed by atoms with van der Waals surface area (Å²) in [5.41, 5.74) is 6.58. The van der Waals surface area contributed by atoms with E-state index < -0.39 is 0 Å². The lowest BCUT2D eigenvalue weighted by molar-refractivity contribution is -0.122. The maximum absolute atomic E-state index is 13.7. The van der Waals surface area contributed by atoms with Gasteiger partial charge in [-0.1, -0.05) is 54.6 Å². The van der Waals surface area contributed by atoms with Crippen LogP contribution in [-0.2, 0) is 24.2 Å². The quantitative estimate of drug-likeness (QED) is 0.489. The predicted octanol–water partition coefficient (Wildman–Crippen LogP) is 4.98. The first kappa shape index (κ1) is 18.6. The number of nitrogens with zero attached hydrogens (tertiary/aromatic N) is 3. The first-order valence-corrected chi connectivity index (χ1v) is 10.6. The van der Waals surface area contributed by atoms with Gasteiger partial charge in [0, 0.05) is 29.9 Å². The molecule has 0 spiro atoms. The maximum atomic E-state index is 13.7. The zero-order valence-electron chi connectivity index (χ0n) is 17.2. The lowest BCUT2D eigenvalue weighted by atomic mass is 9.88. The van der Waals surface area contributed by atoms with Crippen LogP contribution in [0.4, 0.5) is 5.69 Å². The van der Waals surface area contributed by atoms with Gasteiger partial charge in [-0.15, -0.1) is 0 Å². The summed E-state index contributed by atoms with van der Waals surface area (Å²) >= 11 is 0. The normalized spacial score (nSPS) is 15.7. The number of carbonyl (C=O) groups excluding carboxylic acids is 1. The number of imidazole rings is 1. The van der Waals surface area contributed by atoms with Gasteiger partial charge in [0.05, 0.1) is 12.2 Å². The Bertz CT molecular complexity index is 1180. The molecule has 150 valence electrons. The summed E-state index contributed by atoms with van der Waals surface area (Å²) in [5, 5.41) is 0. The maximum Gasteiger partial charge on any atom is 0.230 e. The molecule has 0 saturated carbocycles. The molecule has 5 rings (SSSR count). The van der Waals surface area contributed by atoms with E-state index in [0.717, 1.165) is 41.9 Å². The van der Waals surface area contributed by atoms with Crippen molar-refractivity contribution in [2.75, 3.05) is 4.90 Å². The molecule has 0 aliphatic heterocycles. The second-order valence-electron chi connectivity index (χ2n) is 8.13. The van der Waals surface area contributed by atoms with Gasteiger partial charge in [-0.25, -0.2) is 4.98 Å². The molecule has 0 bridgehead atoms. The fraction of sp³-hybridized carbons (Fsp3) is 0.231. The van der Waals surface area contributed by atoms with Crippen molar-refractivity contribution in [1.29, 1.82) is 0 Å². The number of amides is 1. The summed E-state index contributed by atoms with van der Waals surface area (Å²) in [6.07, 6.45) is 4.55. The number of rotatable bonds is 4. The fourth-order valence-corrected chi connectivity index (χ4v) is 4.41. The highest BCUT2D eigenvalue weighted by Gasteiger charge is 2.31. The average Bonchev–Trinajstić information content (AvgIpc) is 3.15. The highest BCUT2D eigenvalue weighted by atomic mass is 16.2. The molecule has 0 radical (unpaired) electrons. The SMILES string of the molecule is Cc1ccc2nc3c(n2c1)CC(C(=O)N(Cc1ccccc1)c1ccccc1)CC3. The van der Waals surface area contributed by atoms with Gasteiger partial charge in [0.15, 0.2) is 0 Å². The summed E-state index contributed by atoms with van der Waals surface area (Å²) < 4.78 is 2.17. The first-order chi connectivity index (χ1) is 14.7. The lowest BCUT2D eigenvalue weighted by Crippen LogP contribution is -2.38. The molecular formula is C26H25N3O. The van der Waals surface area contributed by atoms with Gasteiger partial charge in [-0.2, -0.15) is 0 Å². The summed E-state index contributed by atoms with van der Waals surface area (Å²) in [6.45, 7) is 2.67. The van der Waals surface area contributed by atoms with E-state index in [1.165, 1.54) is 11.3 Å². The Morgan fingerprint density at radius 3 is 2.53 bits per heavy atom. The molecule has 4 aromatic rings. The van der Waals surface area contributed by atoms with Crippen molar-refractivity contribution in [1.82, 2.24) is 9.38 Å². The van der Waals surface area contributed by atoms with E-state index in [1.807, 2.05) is 53.4 Å². The Morgan fingerprint density at radius 2 is 1.77 bits per heavy atom. The number of para-hydroxylation sites is 1. The highest BCUT2D eigenvalue weighted by molar-refractivity contribution is 5.95. The molecule has 1 aliphatic carbocycles. The van der Waals surface area contributed by atoms with Gasteiger partial charge in [0.25, 0.3) is 0 Å². The zero-order chi connectivity index (χ0) is 20.5. The topological polar surface area (TPSA) is 37.6 Å². The summed E-state index contributed by atoms with van der Waals surface area (Å²) in [7, 11) is 0. The molecular weight excluding hydrogens is 370 g/mol. The third kappa shape index (κ3) is 3.50. The fourth-order valence-electron chi connectivity index (χ4n) is 4.41. The van der Waals surface area contributed by atoms with Crippen molar-refractivity contribution in [3.63, 3.8) is 0 Å². The van der Waals surface area contributed by atoms with Crippen molar-refractivity contribution in [3.8, 4) is 0 Å².